The van der Waals surface area contributed by atoms with Crippen molar-refractivity contribution in [1.82, 2.24) is 5.32 Å². The molecule has 1 aromatic rings. The van der Waals surface area contributed by atoms with Gasteiger partial charge in [0.25, 0.3) is 5.91 Å². The highest BCUT2D eigenvalue weighted by Gasteiger charge is 2.16. The lowest BCUT2D eigenvalue weighted by atomic mass is 10.1. The van der Waals surface area contributed by atoms with Gasteiger partial charge in [0.15, 0.2) is 6.61 Å². The van der Waals surface area contributed by atoms with Gasteiger partial charge in [-0.25, -0.2) is 4.79 Å². The van der Waals surface area contributed by atoms with E-state index in [-0.39, 0.29) is 29.1 Å². The van der Waals surface area contributed by atoms with E-state index in [0.29, 0.717) is 10.9 Å². The fourth-order valence-electron chi connectivity index (χ4n) is 1.33. The van der Waals surface area contributed by atoms with Crippen LogP contribution < -0.4 is 5.32 Å². The van der Waals surface area contributed by atoms with Gasteiger partial charge < -0.3 is 10.1 Å². The SMILES string of the molecule is CC(C)[C@@H](C)NC(=O)COC(=O)c1cc(Cl)ccc1Cl. The monoisotopic (exact) mass is 317 g/mol. The smallest absolute Gasteiger partial charge is 0.340 e. The first kappa shape index (κ1) is 16.8. The van der Waals surface area contributed by atoms with E-state index in [0.717, 1.165) is 0 Å². The highest BCUT2D eigenvalue weighted by Crippen LogP contribution is 2.21. The number of halogens is 2. The van der Waals surface area contributed by atoms with Crippen molar-refractivity contribution >= 4 is 35.1 Å². The molecule has 0 saturated carbocycles. The van der Waals surface area contributed by atoms with Crippen LogP contribution >= 0.6 is 23.2 Å². The summed E-state index contributed by atoms with van der Waals surface area (Å²) in [5.74, 6) is -0.723. The number of benzene rings is 1. The Morgan fingerprint density at radius 3 is 2.50 bits per heavy atom. The molecule has 0 spiro atoms. The van der Waals surface area contributed by atoms with E-state index in [9.17, 15) is 9.59 Å². The number of amides is 1. The van der Waals surface area contributed by atoms with E-state index < -0.39 is 5.97 Å². The van der Waals surface area contributed by atoms with Crippen molar-refractivity contribution in [3.05, 3.63) is 33.8 Å². The minimum Gasteiger partial charge on any atom is -0.452 e. The Labute approximate surface area is 128 Å². The summed E-state index contributed by atoms with van der Waals surface area (Å²) in [6.45, 7) is 5.52. The van der Waals surface area contributed by atoms with E-state index in [1.807, 2.05) is 20.8 Å². The van der Waals surface area contributed by atoms with E-state index in [1.165, 1.54) is 12.1 Å². The molecule has 0 saturated heterocycles. The maximum absolute atomic E-state index is 11.8. The van der Waals surface area contributed by atoms with Crippen molar-refractivity contribution in [2.24, 2.45) is 5.92 Å². The second kappa shape index (κ2) is 7.50. The van der Waals surface area contributed by atoms with Crippen LogP contribution in [-0.2, 0) is 9.53 Å². The number of hydrogen-bond donors (Lipinski definition) is 1. The van der Waals surface area contributed by atoms with Crippen LogP contribution in [0.1, 0.15) is 31.1 Å². The van der Waals surface area contributed by atoms with Crippen molar-refractivity contribution < 1.29 is 14.3 Å². The molecule has 0 aliphatic rings. The van der Waals surface area contributed by atoms with E-state index >= 15 is 0 Å². The molecule has 20 heavy (non-hydrogen) atoms. The molecule has 1 rings (SSSR count). The van der Waals surface area contributed by atoms with Gasteiger partial charge in [-0.3, -0.25) is 4.79 Å². The van der Waals surface area contributed by atoms with Crippen LogP contribution in [0.3, 0.4) is 0 Å². The zero-order valence-corrected chi connectivity index (χ0v) is 13.1. The van der Waals surface area contributed by atoms with Crippen molar-refractivity contribution in [2.45, 2.75) is 26.8 Å². The topological polar surface area (TPSA) is 55.4 Å². The Kier molecular flexibility index (Phi) is 6.30. The minimum atomic E-state index is -0.676. The van der Waals surface area contributed by atoms with Crippen LogP contribution in [0, 0.1) is 5.92 Å². The minimum absolute atomic E-state index is 0.0101. The summed E-state index contributed by atoms with van der Waals surface area (Å²) in [6.07, 6.45) is 0. The summed E-state index contributed by atoms with van der Waals surface area (Å²) in [6, 6.07) is 4.48. The summed E-state index contributed by atoms with van der Waals surface area (Å²) in [5.41, 5.74) is 0.142. The number of esters is 1. The molecule has 1 N–H and O–H groups in total. The largest absolute Gasteiger partial charge is 0.452 e. The highest BCUT2D eigenvalue weighted by atomic mass is 35.5. The highest BCUT2D eigenvalue weighted by molar-refractivity contribution is 6.35. The van der Waals surface area contributed by atoms with E-state index in [2.05, 4.69) is 5.32 Å². The van der Waals surface area contributed by atoms with E-state index in [1.54, 1.807) is 6.07 Å². The number of carbonyl (C=O) groups excluding carboxylic acids is 2. The molecule has 6 heteroatoms. The maximum atomic E-state index is 11.8. The van der Waals surface area contributed by atoms with Crippen molar-refractivity contribution in [3.63, 3.8) is 0 Å². The van der Waals surface area contributed by atoms with Gasteiger partial charge in [-0.2, -0.15) is 0 Å². The first-order chi connectivity index (χ1) is 9.31. The summed E-state index contributed by atoms with van der Waals surface area (Å²) < 4.78 is 4.91. The van der Waals surface area contributed by atoms with Crippen LogP contribution in [0.15, 0.2) is 18.2 Å². The average molecular weight is 318 g/mol. The standard InChI is InChI=1S/C14H17Cl2NO3/c1-8(2)9(3)17-13(18)7-20-14(19)11-6-10(15)4-5-12(11)16/h4-6,8-9H,7H2,1-3H3,(H,17,18)/t9-/m1/s1. The Balaban J connectivity index is 2.55. The van der Waals surface area contributed by atoms with Crippen molar-refractivity contribution in [1.29, 1.82) is 0 Å². The number of carbonyl (C=O) groups is 2. The molecule has 110 valence electrons. The fraction of sp³-hybridized carbons (Fsp3) is 0.429. The first-order valence-electron chi connectivity index (χ1n) is 6.22. The predicted octanol–water partition coefficient (Wildman–Crippen LogP) is 3.31. The zero-order valence-electron chi connectivity index (χ0n) is 11.6. The third-order valence-electron chi connectivity index (χ3n) is 2.87. The Morgan fingerprint density at radius 2 is 1.90 bits per heavy atom. The molecule has 1 aromatic carbocycles. The second-order valence-electron chi connectivity index (χ2n) is 4.80. The van der Waals surface area contributed by atoms with Crippen LogP contribution in [0.4, 0.5) is 0 Å². The second-order valence-corrected chi connectivity index (χ2v) is 5.64. The van der Waals surface area contributed by atoms with Crippen LogP contribution in [0.25, 0.3) is 0 Å². The van der Waals surface area contributed by atoms with Gasteiger partial charge in [0.1, 0.15) is 0 Å². The lowest BCUT2D eigenvalue weighted by molar-refractivity contribution is -0.125. The predicted molar refractivity (Wildman–Crippen MR) is 79.2 cm³/mol. The van der Waals surface area contributed by atoms with Gasteiger partial charge in [0.2, 0.25) is 0 Å². The summed E-state index contributed by atoms with van der Waals surface area (Å²) >= 11 is 11.7. The maximum Gasteiger partial charge on any atom is 0.340 e. The van der Waals surface area contributed by atoms with Crippen molar-refractivity contribution in [3.8, 4) is 0 Å². The van der Waals surface area contributed by atoms with Gasteiger partial charge in [-0.15, -0.1) is 0 Å². The summed E-state index contributed by atoms with van der Waals surface area (Å²) in [4.78, 5) is 23.4. The Bertz CT molecular complexity index is 503. The normalized spacial score (nSPS) is 12.1. The van der Waals surface area contributed by atoms with E-state index in [4.69, 9.17) is 27.9 Å². The quantitative estimate of drug-likeness (QED) is 0.848. The molecule has 0 aliphatic carbocycles. The van der Waals surface area contributed by atoms with Gasteiger partial charge >= 0.3 is 5.97 Å². The molecule has 0 unspecified atom stereocenters. The molecule has 0 radical (unpaired) electrons. The number of hydrogen-bond acceptors (Lipinski definition) is 3. The van der Waals surface area contributed by atoms with Gasteiger partial charge in [-0.05, 0) is 31.0 Å². The Morgan fingerprint density at radius 1 is 1.25 bits per heavy atom. The zero-order chi connectivity index (χ0) is 15.3. The third-order valence-corrected chi connectivity index (χ3v) is 3.44. The molecule has 4 nitrogen and oxygen atoms in total. The van der Waals surface area contributed by atoms with Crippen molar-refractivity contribution in [2.75, 3.05) is 6.61 Å². The molecular weight excluding hydrogens is 301 g/mol. The van der Waals surface area contributed by atoms with Gasteiger partial charge in [0.05, 0.1) is 10.6 Å². The average Bonchev–Trinajstić information content (AvgIpc) is 2.38. The van der Waals surface area contributed by atoms with Gasteiger partial charge in [0, 0.05) is 11.1 Å². The molecular formula is C14H17Cl2NO3. The van der Waals surface area contributed by atoms with Gasteiger partial charge in [-0.1, -0.05) is 37.0 Å². The number of rotatable bonds is 5. The molecule has 1 atom stereocenters. The lowest BCUT2D eigenvalue weighted by Gasteiger charge is -2.17. The summed E-state index contributed by atoms with van der Waals surface area (Å²) in [5, 5.41) is 3.34. The molecule has 0 heterocycles. The molecule has 0 aromatic heterocycles. The van der Waals surface area contributed by atoms with Crippen LogP contribution in [0.2, 0.25) is 10.0 Å². The molecule has 0 bridgehead atoms. The summed E-state index contributed by atoms with van der Waals surface area (Å²) in [7, 11) is 0. The van der Waals surface area contributed by atoms with Crippen LogP contribution in [0.5, 0.6) is 0 Å². The first-order valence-corrected chi connectivity index (χ1v) is 6.98. The number of nitrogens with one attached hydrogen (secondary N) is 1. The molecule has 0 aliphatic heterocycles. The third kappa shape index (κ3) is 5.02. The molecule has 1 amide bonds. The Hall–Kier alpha value is -1.26. The lowest BCUT2D eigenvalue weighted by Crippen LogP contribution is -2.38. The number of ether oxygens (including phenoxy) is 1. The van der Waals surface area contributed by atoms with Crippen LogP contribution in [-0.4, -0.2) is 24.5 Å². The fourth-order valence-corrected chi connectivity index (χ4v) is 1.69. The molecule has 0 fully saturated rings.